The van der Waals surface area contributed by atoms with Gasteiger partial charge in [-0.2, -0.15) is 0 Å². The van der Waals surface area contributed by atoms with Crippen LogP contribution in [-0.4, -0.2) is 25.2 Å². The number of nitrogens with one attached hydrogen (secondary N) is 1. The Balaban J connectivity index is 3.04. The van der Waals surface area contributed by atoms with Gasteiger partial charge in [0.15, 0.2) is 0 Å². The van der Waals surface area contributed by atoms with Crippen molar-refractivity contribution in [3.63, 3.8) is 0 Å². The van der Waals surface area contributed by atoms with Crippen molar-refractivity contribution in [3.05, 3.63) is 23.8 Å². The first-order chi connectivity index (χ1) is 8.97. The van der Waals surface area contributed by atoms with Crippen LogP contribution in [0.5, 0.6) is 0 Å². The second-order valence-corrected chi connectivity index (χ2v) is 6.41. The van der Waals surface area contributed by atoms with Crippen LogP contribution in [-0.2, 0) is 0 Å². The highest BCUT2D eigenvalue weighted by Gasteiger charge is 2.14. The standard InChI is InChI=1S/C15H25N3S/c1-5-19-13-8-6-7-12(14(13)15(16)17)18(4)10-9-11(2)3/h6-8,11H,5,9-10H2,1-4H3,(H3,16,17). The molecule has 0 saturated heterocycles. The van der Waals surface area contributed by atoms with Gasteiger partial charge in [0.1, 0.15) is 5.84 Å². The van der Waals surface area contributed by atoms with Gasteiger partial charge in [-0.25, -0.2) is 0 Å². The predicted octanol–water partition coefficient (Wildman–Crippen LogP) is 3.56. The first-order valence-electron chi connectivity index (χ1n) is 6.78. The van der Waals surface area contributed by atoms with Gasteiger partial charge in [-0.1, -0.05) is 26.8 Å². The third-order valence-electron chi connectivity index (χ3n) is 3.03. The van der Waals surface area contributed by atoms with E-state index in [9.17, 15) is 0 Å². The molecular weight excluding hydrogens is 254 g/mol. The molecule has 1 aromatic carbocycles. The zero-order chi connectivity index (χ0) is 14.4. The van der Waals surface area contributed by atoms with Gasteiger partial charge in [0.05, 0.1) is 5.56 Å². The third kappa shape index (κ3) is 4.46. The average molecular weight is 279 g/mol. The molecule has 106 valence electrons. The molecule has 3 nitrogen and oxygen atoms in total. The van der Waals surface area contributed by atoms with Crippen LogP contribution < -0.4 is 10.6 Å². The molecule has 4 heteroatoms. The van der Waals surface area contributed by atoms with E-state index in [1.165, 1.54) is 0 Å². The third-order valence-corrected chi connectivity index (χ3v) is 3.97. The van der Waals surface area contributed by atoms with E-state index in [0.29, 0.717) is 5.92 Å². The predicted molar refractivity (Wildman–Crippen MR) is 86.6 cm³/mol. The van der Waals surface area contributed by atoms with Gasteiger partial charge in [-0.05, 0) is 30.2 Å². The molecule has 0 aliphatic rings. The van der Waals surface area contributed by atoms with Crippen molar-refractivity contribution in [2.75, 3.05) is 24.2 Å². The number of nitrogens with zero attached hydrogens (tertiary/aromatic N) is 1. The summed E-state index contributed by atoms with van der Waals surface area (Å²) in [6.07, 6.45) is 1.14. The summed E-state index contributed by atoms with van der Waals surface area (Å²) in [6, 6.07) is 6.15. The molecule has 0 atom stereocenters. The molecule has 3 N–H and O–H groups in total. The Labute approximate surface area is 121 Å². The second-order valence-electron chi connectivity index (χ2n) is 5.10. The summed E-state index contributed by atoms with van der Waals surface area (Å²) in [5.74, 6) is 1.82. The maximum atomic E-state index is 7.84. The largest absolute Gasteiger partial charge is 0.384 e. The molecule has 0 amide bonds. The summed E-state index contributed by atoms with van der Waals surface area (Å²) in [5.41, 5.74) is 7.72. The van der Waals surface area contributed by atoms with Gasteiger partial charge in [0.25, 0.3) is 0 Å². The van der Waals surface area contributed by atoms with E-state index >= 15 is 0 Å². The molecule has 0 fully saturated rings. The molecule has 0 aliphatic carbocycles. The van der Waals surface area contributed by atoms with E-state index < -0.39 is 0 Å². The summed E-state index contributed by atoms with van der Waals surface area (Å²) in [7, 11) is 2.07. The number of amidine groups is 1. The van der Waals surface area contributed by atoms with Crippen molar-refractivity contribution < 1.29 is 0 Å². The molecule has 0 bridgehead atoms. The first kappa shape index (κ1) is 15.9. The normalized spacial score (nSPS) is 10.8. The van der Waals surface area contributed by atoms with Crippen molar-refractivity contribution >= 4 is 23.3 Å². The fourth-order valence-corrected chi connectivity index (χ4v) is 2.80. The van der Waals surface area contributed by atoms with E-state index in [0.717, 1.165) is 34.9 Å². The van der Waals surface area contributed by atoms with Crippen LogP contribution in [0, 0.1) is 11.3 Å². The number of anilines is 1. The first-order valence-corrected chi connectivity index (χ1v) is 7.77. The van der Waals surface area contributed by atoms with Gasteiger partial charge < -0.3 is 10.6 Å². The van der Waals surface area contributed by atoms with E-state index in [1.54, 1.807) is 11.8 Å². The molecule has 1 aromatic rings. The SMILES string of the molecule is CCSc1cccc(N(C)CCC(C)C)c1C(=N)N. The van der Waals surface area contributed by atoms with Crippen LogP contribution in [0.15, 0.2) is 23.1 Å². The van der Waals surface area contributed by atoms with E-state index in [4.69, 9.17) is 11.1 Å². The Morgan fingerprint density at radius 3 is 2.63 bits per heavy atom. The second kappa shape index (κ2) is 7.43. The molecule has 1 rings (SSSR count). The summed E-state index contributed by atoms with van der Waals surface area (Å²) in [5, 5.41) is 7.84. The lowest BCUT2D eigenvalue weighted by Crippen LogP contribution is -2.24. The lowest BCUT2D eigenvalue weighted by atomic mass is 10.1. The summed E-state index contributed by atoms with van der Waals surface area (Å²) < 4.78 is 0. The van der Waals surface area contributed by atoms with Crippen LogP contribution in [0.2, 0.25) is 0 Å². The molecule has 19 heavy (non-hydrogen) atoms. The van der Waals surface area contributed by atoms with Crippen molar-refractivity contribution in [1.82, 2.24) is 0 Å². The summed E-state index contributed by atoms with van der Waals surface area (Å²) >= 11 is 1.74. The summed E-state index contributed by atoms with van der Waals surface area (Å²) in [4.78, 5) is 3.31. The fourth-order valence-electron chi connectivity index (χ4n) is 1.96. The Bertz CT molecular complexity index is 429. The molecule has 0 aromatic heterocycles. The molecule has 0 aliphatic heterocycles. The topological polar surface area (TPSA) is 53.1 Å². The number of nitrogens with two attached hydrogens (primary N) is 1. The van der Waals surface area contributed by atoms with Gasteiger partial charge in [-0.15, -0.1) is 11.8 Å². The Morgan fingerprint density at radius 2 is 2.11 bits per heavy atom. The number of benzene rings is 1. The minimum Gasteiger partial charge on any atom is -0.384 e. The zero-order valence-corrected chi connectivity index (χ0v) is 13.2. The lowest BCUT2D eigenvalue weighted by molar-refractivity contribution is 0.585. The number of hydrogen-bond acceptors (Lipinski definition) is 3. The van der Waals surface area contributed by atoms with Gasteiger partial charge in [-0.3, -0.25) is 5.41 Å². The molecule has 0 heterocycles. The van der Waals surface area contributed by atoms with E-state index in [-0.39, 0.29) is 5.84 Å². The molecular formula is C15H25N3S. The highest BCUT2D eigenvalue weighted by Crippen LogP contribution is 2.30. The Kier molecular flexibility index (Phi) is 6.22. The Hall–Kier alpha value is -1.16. The van der Waals surface area contributed by atoms with Gasteiger partial charge >= 0.3 is 0 Å². The zero-order valence-electron chi connectivity index (χ0n) is 12.4. The smallest absolute Gasteiger partial charge is 0.126 e. The maximum Gasteiger partial charge on any atom is 0.126 e. The van der Waals surface area contributed by atoms with Crippen LogP contribution in [0.1, 0.15) is 32.8 Å². The number of rotatable bonds is 7. The van der Waals surface area contributed by atoms with Crippen molar-refractivity contribution in [2.45, 2.75) is 32.1 Å². The van der Waals surface area contributed by atoms with Crippen LogP contribution in [0.3, 0.4) is 0 Å². The number of hydrogen-bond donors (Lipinski definition) is 2. The molecule has 0 unspecified atom stereocenters. The van der Waals surface area contributed by atoms with Gasteiger partial charge in [0, 0.05) is 24.2 Å². The van der Waals surface area contributed by atoms with Crippen molar-refractivity contribution in [3.8, 4) is 0 Å². The number of nitrogen functional groups attached to an aromatic ring is 1. The van der Waals surface area contributed by atoms with Crippen molar-refractivity contribution in [1.29, 1.82) is 5.41 Å². The molecule has 0 saturated carbocycles. The van der Waals surface area contributed by atoms with E-state index in [2.05, 4.69) is 38.8 Å². The van der Waals surface area contributed by atoms with Gasteiger partial charge in [0.2, 0.25) is 0 Å². The highest BCUT2D eigenvalue weighted by molar-refractivity contribution is 7.99. The Morgan fingerprint density at radius 1 is 1.42 bits per heavy atom. The maximum absolute atomic E-state index is 7.84. The van der Waals surface area contributed by atoms with Crippen LogP contribution in [0.4, 0.5) is 5.69 Å². The minimum absolute atomic E-state index is 0.156. The lowest BCUT2D eigenvalue weighted by Gasteiger charge is -2.24. The molecule has 0 spiro atoms. The van der Waals surface area contributed by atoms with Crippen LogP contribution >= 0.6 is 11.8 Å². The van der Waals surface area contributed by atoms with E-state index in [1.807, 2.05) is 12.1 Å². The monoisotopic (exact) mass is 279 g/mol. The van der Waals surface area contributed by atoms with Crippen molar-refractivity contribution in [2.24, 2.45) is 11.7 Å². The average Bonchev–Trinajstić information content (AvgIpc) is 2.35. The minimum atomic E-state index is 0.156. The quantitative estimate of drug-likeness (QED) is 0.456. The number of thioether (sulfide) groups is 1. The summed E-state index contributed by atoms with van der Waals surface area (Å²) in [6.45, 7) is 7.55. The highest BCUT2D eigenvalue weighted by atomic mass is 32.2. The van der Waals surface area contributed by atoms with Crippen LogP contribution in [0.25, 0.3) is 0 Å². The fraction of sp³-hybridized carbons (Fsp3) is 0.533. The molecule has 0 radical (unpaired) electrons.